The maximum absolute atomic E-state index is 11.8. The summed E-state index contributed by atoms with van der Waals surface area (Å²) in [5, 5.41) is 29.6. The molecule has 0 spiro atoms. The Hall–Kier alpha value is -5.05. The molecule has 0 unspecified atom stereocenters. The quantitative estimate of drug-likeness (QED) is 0.148. The third kappa shape index (κ3) is 7.62. The summed E-state index contributed by atoms with van der Waals surface area (Å²) in [6.07, 6.45) is 2.98. The fraction of sp³-hybridized carbons (Fsp3) is 0.171. The van der Waals surface area contributed by atoms with Crippen LogP contribution in [-0.2, 0) is 9.53 Å². The molecule has 2 aromatic heterocycles. The summed E-state index contributed by atoms with van der Waals surface area (Å²) in [7, 11) is 0. The summed E-state index contributed by atoms with van der Waals surface area (Å²) >= 11 is 0. The monoisotopic (exact) mass is 574 g/mol. The van der Waals surface area contributed by atoms with E-state index in [1.165, 1.54) is 0 Å². The highest BCUT2D eigenvalue weighted by Crippen LogP contribution is 2.36. The minimum atomic E-state index is -1.03. The van der Waals surface area contributed by atoms with Gasteiger partial charge in [-0.25, -0.2) is 9.67 Å². The zero-order chi connectivity index (χ0) is 30.0. The third-order valence-corrected chi connectivity index (χ3v) is 6.76. The molecule has 0 aliphatic heterocycles. The Balaban J connectivity index is 1.57. The van der Waals surface area contributed by atoms with Crippen molar-refractivity contribution >= 4 is 23.6 Å². The van der Waals surface area contributed by atoms with Crippen molar-refractivity contribution in [1.29, 1.82) is 0 Å². The molecule has 0 saturated carbocycles. The number of anilines is 2. The molecule has 8 nitrogen and oxygen atoms in total. The maximum Gasteiger partial charge on any atom is 0.308 e. The Kier molecular flexibility index (Phi) is 9.74. The molecular formula is C35H34N4O4. The van der Waals surface area contributed by atoms with E-state index in [-0.39, 0.29) is 19.4 Å². The van der Waals surface area contributed by atoms with Crippen LogP contribution in [0.15, 0.2) is 115 Å². The lowest BCUT2D eigenvalue weighted by atomic mass is 10.00. The molecule has 0 bridgehead atoms. The fourth-order valence-corrected chi connectivity index (χ4v) is 4.81. The van der Waals surface area contributed by atoms with Crippen molar-refractivity contribution < 1.29 is 19.7 Å². The highest BCUT2D eigenvalue weighted by Gasteiger charge is 2.21. The molecule has 218 valence electrons. The van der Waals surface area contributed by atoms with E-state index in [1.54, 1.807) is 19.2 Å². The number of esters is 1. The smallest absolute Gasteiger partial charge is 0.308 e. The molecule has 0 aliphatic carbocycles. The fourth-order valence-electron chi connectivity index (χ4n) is 4.81. The lowest BCUT2D eigenvalue weighted by Gasteiger charge is -2.13. The van der Waals surface area contributed by atoms with E-state index in [1.807, 2.05) is 114 Å². The van der Waals surface area contributed by atoms with Gasteiger partial charge < -0.3 is 20.3 Å². The molecule has 0 fully saturated rings. The first-order valence-electron chi connectivity index (χ1n) is 14.2. The van der Waals surface area contributed by atoms with Crippen molar-refractivity contribution in [2.24, 2.45) is 0 Å². The first-order valence-corrected chi connectivity index (χ1v) is 14.2. The molecule has 0 aliphatic rings. The summed E-state index contributed by atoms with van der Waals surface area (Å²) < 4.78 is 6.81. The molecule has 3 N–H and O–H groups in total. The number of benzene rings is 3. The van der Waals surface area contributed by atoms with Crippen molar-refractivity contribution in [2.75, 3.05) is 11.9 Å². The number of nitrogens with one attached hydrogen (secondary N) is 1. The summed E-state index contributed by atoms with van der Waals surface area (Å²) in [6, 6.07) is 33.5. The molecule has 5 rings (SSSR count). The lowest BCUT2D eigenvalue weighted by Crippen LogP contribution is -2.20. The van der Waals surface area contributed by atoms with Crippen LogP contribution in [0.25, 0.3) is 34.3 Å². The van der Waals surface area contributed by atoms with Gasteiger partial charge in [0.25, 0.3) is 0 Å². The number of carbonyl (C=O) groups excluding carboxylic acids is 1. The largest absolute Gasteiger partial charge is 0.466 e. The van der Waals surface area contributed by atoms with Crippen LogP contribution in [0.1, 0.15) is 25.3 Å². The third-order valence-electron chi connectivity index (χ3n) is 6.76. The normalized spacial score (nSPS) is 12.6. The van der Waals surface area contributed by atoms with Gasteiger partial charge in [0.1, 0.15) is 11.5 Å². The zero-order valence-corrected chi connectivity index (χ0v) is 23.9. The van der Waals surface area contributed by atoms with Crippen molar-refractivity contribution in [1.82, 2.24) is 14.8 Å². The second-order valence-electron chi connectivity index (χ2n) is 9.97. The summed E-state index contributed by atoms with van der Waals surface area (Å²) in [5.74, 6) is 0.172. The SMILES string of the molecule is CCOC(=O)C[C@H](O)C[C@H](O)/C=C/c1c(-c2ccccc2)nn(-c2ccnc(Nc3ccccc3)c2)c1-c1ccccc1. The number of nitrogens with zero attached hydrogens (tertiary/aromatic N) is 3. The number of hydrogen-bond donors (Lipinski definition) is 3. The minimum Gasteiger partial charge on any atom is -0.466 e. The van der Waals surface area contributed by atoms with Crippen LogP contribution in [0, 0.1) is 0 Å². The average molecular weight is 575 g/mol. The van der Waals surface area contributed by atoms with Gasteiger partial charge in [-0.3, -0.25) is 4.79 Å². The number of ether oxygens (including phenoxy) is 1. The van der Waals surface area contributed by atoms with Crippen molar-refractivity contribution in [2.45, 2.75) is 32.0 Å². The zero-order valence-electron chi connectivity index (χ0n) is 23.9. The molecule has 0 saturated heterocycles. The Labute approximate surface area is 250 Å². The molecule has 2 heterocycles. The predicted molar refractivity (Wildman–Crippen MR) is 169 cm³/mol. The standard InChI is InChI=1S/C35H34N4O4/c1-2-43-33(42)24-30(41)23-29(40)18-19-31-34(25-12-6-3-7-13-25)38-39(35(31)26-14-8-4-9-15-26)28-20-21-36-32(22-28)37-27-16-10-5-11-17-27/h3-22,29-30,40-41H,2,23-24H2,1H3,(H,36,37)/b19-18+/t29-,30-/m1/s1. The molecule has 0 amide bonds. The van der Waals surface area contributed by atoms with E-state index in [4.69, 9.17) is 9.84 Å². The van der Waals surface area contributed by atoms with Crippen LogP contribution in [-0.4, -0.2) is 49.8 Å². The van der Waals surface area contributed by atoms with E-state index in [2.05, 4.69) is 10.3 Å². The summed E-state index contributed by atoms with van der Waals surface area (Å²) in [4.78, 5) is 16.3. The van der Waals surface area contributed by atoms with Crippen LogP contribution in [0.5, 0.6) is 0 Å². The van der Waals surface area contributed by atoms with E-state index in [9.17, 15) is 15.0 Å². The first kappa shape index (κ1) is 29.4. The highest BCUT2D eigenvalue weighted by molar-refractivity contribution is 5.84. The number of para-hydroxylation sites is 1. The van der Waals surface area contributed by atoms with Crippen LogP contribution in [0.3, 0.4) is 0 Å². The maximum atomic E-state index is 11.8. The predicted octanol–water partition coefficient (Wildman–Crippen LogP) is 6.42. The van der Waals surface area contributed by atoms with Crippen LogP contribution in [0.2, 0.25) is 0 Å². The van der Waals surface area contributed by atoms with Crippen molar-refractivity contribution in [3.63, 3.8) is 0 Å². The Morgan fingerprint density at radius 1 is 0.930 bits per heavy atom. The number of aliphatic hydroxyl groups excluding tert-OH is 2. The average Bonchev–Trinajstić information content (AvgIpc) is 3.41. The second-order valence-corrected chi connectivity index (χ2v) is 9.97. The van der Waals surface area contributed by atoms with Crippen molar-refractivity contribution in [3.8, 4) is 28.2 Å². The van der Waals surface area contributed by atoms with Gasteiger partial charge in [-0.15, -0.1) is 0 Å². The van der Waals surface area contributed by atoms with E-state index in [0.717, 1.165) is 39.5 Å². The Bertz CT molecular complexity index is 1650. The van der Waals surface area contributed by atoms with Gasteiger partial charge in [-0.1, -0.05) is 91.0 Å². The van der Waals surface area contributed by atoms with Crippen LogP contribution in [0.4, 0.5) is 11.5 Å². The van der Waals surface area contributed by atoms with Crippen LogP contribution < -0.4 is 5.32 Å². The minimum absolute atomic E-state index is 0.0103. The van der Waals surface area contributed by atoms with Gasteiger partial charge in [-0.2, -0.15) is 5.10 Å². The van der Waals surface area contributed by atoms with E-state index >= 15 is 0 Å². The highest BCUT2D eigenvalue weighted by atomic mass is 16.5. The number of hydrogen-bond acceptors (Lipinski definition) is 7. The van der Waals surface area contributed by atoms with Crippen LogP contribution >= 0.6 is 0 Å². The molecule has 3 aromatic carbocycles. The van der Waals surface area contributed by atoms with Gasteiger partial charge in [0.2, 0.25) is 0 Å². The van der Waals surface area contributed by atoms with Gasteiger partial charge in [-0.05, 0) is 25.1 Å². The molecule has 2 atom stereocenters. The van der Waals surface area contributed by atoms with Gasteiger partial charge in [0, 0.05) is 41.1 Å². The lowest BCUT2D eigenvalue weighted by molar-refractivity contribution is -0.145. The van der Waals surface area contributed by atoms with Crippen molar-refractivity contribution in [3.05, 3.63) is 121 Å². The first-order chi connectivity index (χ1) is 21.0. The molecule has 43 heavy (non-hydrogen) atoms. The topological polar surface area (TPSA) is 110 Å². The Morgan fingerprint density at radius 3 is 2.26 bits per heavy atom. The number of carbonyl (C=O) groups is 1. The number of pyridine rings is 1. The number of rotatable bonds is 12. The van der Waals surface area contributed by atoms with Gasteiger partial charge in [0.15, 0.2) is 0 Å². The molecule has 0 radical (unpaired) electrons. The second kappa shape index (κ2) is 14.2. The molecule has 5 aromatic rings. The number of aromatic nitrogens is 3. The van der Waals surface area contributed by atoms with E-state index < -0.39 is 18.2 Å². The summed E-state index contributed by atoms with van der Waals surface area (Å²) in [5.41, 5.74) is 5.91. The van der Waals surface area contributed by atoms with Gasteiger partial charge in [0.05, 0.1) is 36.6 Å². The molecular weight excluding hydrogens is 540 g/mol. The summed E-state index contributed by atoms with van der Waals surface area (Å²) in [6.45, 7) is 1.95. The number of aliphatic hydroxyl groups is 2. The van der Waals surface area contributed by atoms with E-state index in [0.29, 0.717) is 5.82 Å². The Morgan fingerprint density at radius 2 is 1.58 bits per heavy atom. The van der Waals surface area contributed by atoms with Gasteiger partial charge >= 0.3 is 5.97 Å². The molecule has 8 heteroatoms.